The molecule has 0 radical (unpaired) electrons. The van der Waals surface area contributed by atoms with Gasteiger partial charge in [-0.15, -0.1) is 0 Å². The molecular formula is C21H17N7O2. The summed E-state index contributed by atoms with van der Waals surface area (Å²) < 4.78 is 1.78. The van der Waals surface area contributed by atoms with E-state index in [1.54, 1.807) is 35.3 Å². The number of carboxylic acid groups (broad SMARTS) is 1. The van der Waals surface area contributed by atoms with Crippen molar-refractivity contribution in [2.75, 3.05) is 5.32 Å². The molecule has 1 aromatic carbocycles. The quantitative estimate of drug-likeness (QED) is 0.609. The number of rotatable bonds is 6. The molecule has 0 bridgehead atoms. The van der Waals surface area contributed by atoms with Crippen molar-refractivity contribution in [2.24, 2.45) is 0 Å². The molecule has 4 rings (SSSR count). The number of aromatic nitrogens is 4. The molecule has 1 saturated carbocycles. The summed E-state index contributed by atoms with van der Waals surface area (Å²) in [6, 6.07) is 10.2. The first-order valence-electron chi connectivity index (χ1n) is 9.25. The van der Waals surface area contributed by atoms with Crippen molar-refractivity contribution < 1.29 is 9.90 Å². The van der Waals surface area contributed by atoms with Crippen molar-refractivity contribution >= 4 is 17.6 Å². The minimum Gasteiger partial charge on any atom is -0.478 e. The van der Waals surface area contributed by atoms with Crippen molar-refractivity contribution in [3.05, 3.63) is 65.9 Å². The van der Waals surface area contributed by atoms with E-state index in [1.807, 2.05) is 6.20 Å². The predicted octanol–water partition coefficient (Wildman–Crippen LogP) is 3.47. The van der Waals surface area contributed by atoms with E-state index in [0.717, 1.165) is 5.56 Å². The van der Waals surface area contributed by atoms with Gasteiger partial charge in [-0.05, 0) is 30.3 Å². The molecule has 1 aliphatic carbocycles. The molecule has 0 aliphatic heterocycles. The van der Waals surface area contributed by atoms with Gasteiger partial charge in [0.1, 0.15) is 0 Å². The van der Waals surface area contributed by atoms with Gasteiger partial charge in [-0.1, -0.05) is 0 Å². The summed E-state index contributed by atoms with van der Waals surface area (Å²) in [5.41, 5.74) is 1.88. The number of anilines is 2. The van der Waals surface area contributed by atoms with E-state index in [0.29, 0.717) is 36.6 Å². The number of benzene rings is 1. The number of hydrogen-bond donors (Lipinski definition) is 2. The van der Waals surface area contributed by atoms with E-state index in [-0.39, 0.29) is 11.6 Å². The number of carbonyl (C=O) groups is 1. The lowest BCUT2D eigenvalue weighted by atomic mass is 9.71. The fraction of sp³-hybridized carbons (Fsp3) is 0.238. The summed E-state index contributed by atoms with van der Waals surface area (Å²) in [7, 11) is 0. The molecule has 30 heavy (non-hydrogen) atoms. The van der Waals surface area contributed by atoms with E-state index >= 15 is 0 Å². The number of nitriles is 1. The fourth-order valence-corrected chi connectivity index (χ4v) is 3.59. The van der Waals surface area contributed by atoms with Crippen LogP contribution in [0.1, 0.15) is 29.6 Å². The lowest BCUT2D eigenvalue weighted by Crippen LogP contribution is -2.48. The topological polar surface area (TPSA) is 121 Å². The molecule has 9 heteroatoms. The smallest absolute Gasteiger partial charge is 0.335 e. The van der Waals surface area contributed by atoms with Gasteiger partial charge in [-0.25, -0.2) is 21.3 Å². The molecule has 1 aliphatic rings. The van der Waals surface area contributed by atoms with Gasteiger partial charge >= 0.3 is 5.97 Å². The predicted molar refractivity (Wildman–Crippen MR) is 108 cm³/mol. The second-order valence-corrected chi connectivity index (χ2v) is 7.20. The van der Waals surface area contributed by atoms with Crippen molar-refractivity contribution in [3.8, 4) is 17.3 Å². The van der Waals surface area contributed by atoms with Crippen molar-refractivity contribution in [1.29, 1.82) is 5.26 Å². The first-order valence-corrected chi connectivity index (χ1v) is 9.25. The zero-order valence-corrected chi connectivity index (χ0v) is 15.9. The Balaban J connectivity index is 1.54. The second kappa shape index (κ2) is 7.64. The van der Waals surface area contributed by atoms with E-state index in [1.165, 1.54) is 12.1 Å². The molecule has 2 N–H and O–H groups in total. The van der Waals surface area contributed by atoms with Crippen LogP contribution in [0.2, 0.25) is 0 Å². The summed E-state index contributed by atoms with van der Waals surface area (Å²) in [5, 5.41) is 25.7. The van der Waals surface area contributed by atoms with E-state index < -0.39 is 11.5 Å². The Hall–Kier alpha value is -4.24. The van der Waals surface area contributed by atoms with Gasteiger partial charge in [-0.3, -0.25) is 4.68 Å². The maximum atomic E-state index is 11.0. The van der Waals surface area contributed by atoms with Gasteiger partial charge in [0.2, 0.25) is 12.0 Å². The molecular weight excluding hydrogens is 382 g/mol. The van der Waals surface area contributed by atoms with Crippen LogP contribution in [-0.4, -0.2) is 36.9 Å². The van der Waals surface area contributed by atoms with Gasteiger partial charge in [0.25, 0.3) is 0 Å². The van der Waals surface area contributed by atoms with Gasteiger partial charge in [0.15, 0.2) is 0 Å². The van der Waals surface area contributed by atoms with Crippen LogP contribution in [-0.2, 0) is 5.54 Å². The lowest BCUT2D eigenvalue weighted by Gasteiger charge is -2.40. The Labute approximate surface area is 172 Å². The third-order valence-corrected chi connectivity index (χ3v) is 5.23. The zero-order valence-electron chi connectivity index (χ0n) is 15.9. The summed E-state index contributed by atoms with van der Waals surface area (Å²) >= 11 is 0. The van der Waals surface area contributed by atoms with Crippen molar-refractivity contribution in [2.45, 2.75) is 30.8 Å². The van der Waals surface area contributed by atoms with Crippen LogP contribution in [0.3, 0.4) is 0 Å². The number of hydrogen-bond acceptors (Lipinski definition) is 6. The number of nitrogens with one attached hydrogen (secondary N) is 1. The molecule has 9 nitrogen and oxygen atoms in total. The number of nitrogens with zero attached hydrogens (tertiary/aromatic N) is 6. The molecule has 1 fully saturated rings. The average molecular weight is 399 g/mol. The maximum absolute atomic E-state index is 11.0. The molecule has 0 spiro atoms. The summed E-state index contributed by atoms with van der Waals surface area (Å²) in [5.74, 6) is -0.619. The van der Waals surface area contributed by atoms with Gasteiger partial charge in [-0.2, -0.15) is 10.4 Å². The van der Waals surface area contributed by atoms with Gasteiger partial charge < -0.3 is 15.3 Å². The van der Waals surface area contributed by atoms with Crippen LogP contribution in [0.4, 0.5) is 11.6 Å². The van der Waals surface area contributed by atoms with E-state index in [9.17, 15) is 10.1 Å². The third kappa shape index (κ3) is 3.56. The minimum absolute atomic E-state index is 0.0617. The molecule has 0 atom stereocenters. The van der Waals surface area contributed by atoms with E-state index in [4.69, 9.17) is 11.7 Å². The SMILES string of the molecule is [C-]#[N+]C1CC(CC#N)(n2cc(-c3ccnc(Nc4ccc(C(=O)O)cc4)n3)cn2)C1. The molecule has 2 aromatic heterocycles. The highest BCUT2D eigenvalue weighted by Crippen LogP contribution is 2.44. The number of carboxylic acids is 1. The Kier molecular flexibility index (Phi) is 4.87. The molecule has 3 aromatic rings. The zero-order chi connectivity index (χ0) is 21.1. The molecule has 148 valence electrons. The highest BCUT2D eigenvalue weighted by atomic mass is 16.4. The monoisotopic (exact) mass is 399 g/mol. The normalized spacial score (nSPS) is 19.9. The summed E-state index contributed by atoms with van der Waals surface area (Å²) in [6.07, 6.45) is 6.71. The third-order valence-electron chi connectivity index (χ3n) is 5.23. The van der Waals surface area contributed by atoms with Crippen LogP contribution >= 0.6 is 0 Å². The summed E-state index contributed by atoms with van der Waals surface area (Å²) in [4.78, 5) is 23.2. The average Bonchev–Trinajstić information content (AvgIpc) is 3.21. The Morgan fingerprint density at radius 2 is 2.13 bits per heavy atom. The molecule has 0 unspecified atom stereocenters. The van der Waals surface area contributed by atoms with Crippen molar-refractivity contribution in [1.82, 2.24) is 19.7 Å². The largest absolute Gasteiger partial charge is 0.478 e. The number of aromatic carboxylic acids is 1. The van der Waals surface area contributed by atoms with Crippen molar-refractivity contribution in [3.63, 3.8) is 0 Å². The second-order valence-electron chi connectivity index (χ2n) is 7.20. The van der Waals surface area contributed by atoms with E-state index in [2.05, 4.69) is 31.3 Å². The Bertz CT molecular complexity index is 1170. The van der Waals surface area contributed by atoms with Crippen LogP contribution in [0, 0.1) is 17.9 Å². The molecule has 2 heterocycles. The Morgan fingerprint density at radius 3 is 2.80 bits per heavy atom. The first kappa shape index (κ1) is 19.1. The van der Waals surface area contributed by atoms with Gasteiger partial charge in [0.05, 0.1) is 35.5 Å². The standard InChI is InChI=1S/C21H17N7O2/c1-23-17-10-21(11-17,7-8-22)28-13-15(12-25-28)18-6-9-24-20(27-18)26-16-4-2-14(3-5-16)19(29)30/h2-6,9,12-13,17H,7,10-11H2,(H,29,30)(H,24,26,27). The van der Waals surface area contributed by atoms with Crippen LogP contribution in [0.15, 0.2) is 48.9 Å². The first-order chi connectivity index (χ1) is 14.5. The lowest BCUT2D eigenvalue weighted by molar-refractivity contribution is 0.0697. The van der Waals surface area contributed by atoms with Gasteiger partial charge in [0, 0.05) is 36.5 Å². The highest BCUT2D eigenvalue weighted by Gasteiger charge is 2.50. The Morgan fingerprint density at radius 1 is 1.37 bits per heavy atom. The molecule has 0 amide bonds. The maximum Gasteiger partial charge on any atom is 0.335 e. The molecule has 0 saturated heterocycles. The summed E-state index contributed by atoms with van der Waals surface area (Å²) in [6.45, 7) is 7.18. The van der Waals surface area contributed by atoms with Crippen LogP contribution < -0.4 is 5.32 Å². The fourth-order valence-electron chi connectivity index (χ4n) is 3.59. The van der Waals surface area contributed by atoms with Crippen LogP contribution in [0.5, 0.6) is 0 Å². The van der Waals surface area contributed by atoms with Crippen LogP contribution in [0.25, 0.3) is 16.1 Å². The minimum atomic E-state index is -0.986. The highest BCUT2D eigenvalue weighted by molar-refractivity contribution is 5.88.